The van der Waals surface area contributed by atoms with Crippen LogP contribution in [0.3, 0.4) is 0 Å². The molecule has 3 fully saturated rings. The standard InChI is InChI=1S/C25H33F3N4O/c1-31-22(29-30-23(31)19-9-14-33-15-10-19)4-2-3-12-32-13-11-24(17-32)16-21(24)18-5-7-20(8-6-18)25(26,27)28/h5-8,19,21H,2-4,9-17H2,1H3/t21-,24-/m1/s1. The van der Waals surface area contributed by atoms with E-state index in [1.165, 1.54) is 12.1 Å². The average molecular weight is 463 g/mol. The van der Waals surface area contributed by atoms with Crippen molar-refractivity contribution in [2.24, 2.45) is 12.5 Å². The molecule has 5 nitrogen and oxygen atoms in total. The summed E-state index contributed by atoms with van der Waals surface area (Å²) < 4.78 is 46.1. The van der Waals surface area contributed by atoms with E-state index in [1.807, 2.05) is 0 Å². The van der Waals surface area contributed by atoms with Gasteiger partial charge >= 0.3 is 6.18 Å². The third-order valence-corrected chi connectivity index (χ3v) is 8.00. The summed E-state index contributed by atoms with van der Waals surface area (Å²) >= 11 is 0. The summed E-state index contributed by atoms with van der Waals surface area (Å²) in [6, 6.07) is 5.82. The zero-order valence-electron chi connectivity index (χ0n) is 19.3. The van der Waals surface area contributed by atoms with Gasteiger partial charge in [-0.15, -0.1) is 10.2 Å². The molecule has 3 aliphatic rings. The number of aromatic nitrogens is 3. The molecule has 2 aromatic rings. The van der Waals surface area contributed by atoms with Crippen LogP contribution in [0.1, 0.15) is 73.1 Å². The maximum atomic E-state index is 12.8. The van der Waals surface area contributed by atoms with E-state index in [1.54, 1.807) is 12.1 Å². The Bertz CT molecular complexity index is 952. The summed E-state index contributed by atoms with van der Waals surface area (Å²) in [6.45, 7) is 4.85. The lowest BCUT2D eigenvalue weighted by Gasteiger charge is -2.21. The molecule has 0 bridgehead atoms. The highest BCUT2D eigenvalue weighted by Gasteiger charge is 2.57. The summed E-state index contributed by atoms with van der Waals surface area (Å²) in [5.41, 5.74) is 0.784. The maximum absolute atomic E-state index is 12.8. The number of nitrogens with zero attached hydrogens (tertiary/aromatic N) is 4. The second kappa shape index (κ2) is 9.02. The monoisotopic (exact) mass is 462 g/mol. The largest absolute Gasteiger partial charge is 0.416 e. The first-order valence-corrected chi connectivity index (χ1v) is 12.2. The third-order valence-electron chi connectivity index (χ3n) is 8.00. The SMILES string of the molecule is Cn1c(CCCCN2CC[C@@]3(C[C@@H]3c3ccc(C(F)(F)F)cc3)C2)nnc1C1CCOCC1. The van der Waals surface area contributed by atoms with E-state index < -0.39 is 11.7 Å². The van der Waals surface area contributed by atoms with Crippen molar-refractivity contribution in [2.75, 3.05) is 32.8 Å². The quantitative estimate of drug-likeness (QED) is 0.548. The first-order chi connectivity index (χ1) is 15.9. The number of hydrogen-bond acceptors (Lipinski definition) is 4. The molecular weight excluding hydrogens is 429 g/mol. The molecule has 1 spiro atoms. The Labute approximate surface area is 193 Å². The second-order valence-electron chi connectivity index (χ2n) is 10.1. The Morgan fingerprint density at radius 3 is 2.58 bits per heavy atom. The van der Waals surface area contributed by atoms with Gasteiger partial charge in [0.2, 0.25) is 0 Å². The fourth-order valence-electron chi connectivity index (χ4n) is 5.87. The van der Waals surface area contributed by atoms with Gasteiger partial charge in [0.05, 0.1) is 5.56 Å². The lowest BCUT2D eigenvalue weighted by molar-refractivity contribution is -0.137. The minimum Gasteiger partial charge on any atom is -0.381 e. The van der Waals surface area contributed by atoms with Gasteiger partial charge in [0.25, 0.3) is 0 Å². The normalized spacial score (nSPS) is 26.4. The summed E-state index contributed by atoms with van der Waals surface area (Å²) in [7, 11) is 2.08. The van der Waals surface area contributed by atoms with Crippen LogP contribution in [0.2, 0.25) is 0 Å². The Hall–Kier alpha value is -1.93. The fraction of sp³-hybridized carbons (Fsp3) is 0.680. The maximum Gasteiger partial charge on any atom is 0.416 e. The minimum atomic E-state index is -4.26. The fourth-order valence-corrected chi connectivity index (χ4v) is 5.87. The number of alkyl halides is 3. The molecule has 2 saturated heterocycles. The zero-order chi connectivity index (χ0) is 23.1. The summed E-state index contributed by atoms with van der Waals surface area (Å²) in [5, 5.41) is 8.91. The molecule has 0 amide bonds. The van der Waals surface area contributed by atoms with Crippen LogP contribution in [-0.4, -0.2) is 52.5 Å². The molecule has 33 heavy (non-hydrogen) atoms. The van der Waals surface area contributed by atoms with Gasteiger partial charge in [0.15, 0.2) is 0 Å². The lowest BCUT2D eigenvalue weighted by Crippen LogP contribution is -2.23. The van der Waals surface area contributed by atoms with Crippen molar-refractivity contribution >= 4 is 0 Å². The van der Waals surface area contributed by atoms with Crippen molar-refractivity contribution in [1.82, 2.24) is 19.7 Å². The zero-order valence-corrected chi connectivity index (χ0v) is 19.3. The van der Waals surface area contributed by atoms with Gasteiger partial charge < -0.3 is 14.2 Å². The van der Waals surface area contributed by atoms with Crippen LogP contribution in [0.25, 0.3) is 0 Å². The first-order valence-electron chi connectivity index (χ1n) is 12.2. The van der Waals surface area contributed by atoms with Gasteiger partial charge in [-0.1, -0.05) is 12.1 Å². The van der Waals surface area contributed by atoms with Crippen LogP contribution in [0.5, 0.6) is 0 Å². The third kappa shape index (κ3) is 4.83. The van der Waals surface area contributed by atoms with Crippen LogP contribution in [0.4, 0.5) is 13.2 Å². The number of ether oxygens (including phenoxy) is 1. The molecule has 1 aliphatic carbocycles. The van der Waals surface area contributed by atoms with Crippen LogP contribution in [0, 0.1) is 5.41 Å². The van der Waals surface area contributed by atoms with Crippen molar-refractivity contribution in [3.8, 4) is 0 Å². The number of benzene rings is 1. The van der Waals surface area contributed by atoms with Crippen molar-refractivity contribution < 1.29 is 17.9 Å². The molecule has 2 aliphatic heterocycles. The van der Waals surface area contributed by atoms with Gasteiger partial charge in [0.1, 0.15) is 11.6 Å². The Balaban J connectivity index is 1.06. The molecular formula is C25H33F3N4O. The number of aryl methyl sites for hydroxylation is 1. The van der Waals surface area contributed by atoms with Crippen molar-refractivity contribution in [1.29, 1.82) is 0 Å². The summed E-state index contributed by atoms with van der Waals surface area (Å²) in [6.07, 6.45) is 3.19. The highest BCUT2D eigenvalue weighted by molar-refractivity contribution is 5.34. The van der Waals surface area contributed by atoms with E-state index in [0.29, 0.717) is 11.8 Å². The topological polar surface area (TPSA) is 43.2 Å². The molecule has 0 radical (unpaired) electrons. The Morgan fingerprint density at radius 1 is 1.09 bits per heavy atom. The molecule has 3 heterocycles. The number of likely N-dealkylation sites (tertiary alicyclic amines) is 1. The van der Waals surface area contributed by atoms with E-state index in [-0.39, 0.29) is 5.41 Å². The smallest absolute Gasteiger partial charge is 0.381 e. The minimum absolute atomic E-state index is 0.280. The predicted molar refractivity (Wildman–Crippen MR) is 119 cm³/mol. The molecule has 2 atom stereocenters. The summed E-state index contributed by atoms with van der Waals surface area (Å²) in [5.74, 6) is 3.03. The van der Waals surface area contributed by atoms with Crippen LogP contribution < -0.4 is 0 Å². The number of rotatable bonds is 7. The highest BCUT2D eigenvalue weighted by Crippen LogP contribution is 2.64. The second-order valence-corrected chi connectivity index (χ2v) is 10.1. The first kappa shape index (κ1) is 22.8. The lowest BCUT2D eigenvalue weighted by atomic mass is 9.97. The number of halogens is 3. The van der Waals surface area contributed by atoms with Gasteiger partial charge in [0, 0.05) is 39.1 Å². The molecule has 1 saturated carbocycles. The molecule has 5 rings (SSSR count). The molecule has 0 unspecified atom stereocenters. The van der Waals surface area contributed by atoms with E-state index in [2.05, 4.69) is 26.7 Å². The van der Waals surface area contributed by atoms with E-state index in [0.717, 1.165) is 95.0 Å². The van der Waals surface area contributed by atoms with Crippen LogP contribution >= 0.6 is 0 Å². The van der Waals surface area contributed by atoms with Crippen molar-refractivity contribution in [2.45, 2.75) is 63.0 Å². The van der Waals surface area contributed by atoms with Gasteiger partial charge in [-0.05, 0) is 80.6 Å². The predicted octanol–water partition coefficient (Wildman–Crippen LogP) is 4.93. The Morgan fingerprint density at radius 2 is 1.85 bits per heavy atom. The number of hydrogen-bond donors (Lipinski definition) is 0. The number of unbranched alkanes of at least 4 members (excludes halogenated alkanes) is 1. The van der Waals surface area contributed by atoms with Gasteiger partial charge in [-0.25, -0.2) is 0 Å². The molecule has 8 heteroatoms. The van der Waals surface area contributed by atoms with E-state index >= 15 is 0 Å². The molecule has 1 aromatic carbocycles. The van der Waals surface area contributed by atoms with E-state index in [9.17, 15) is 13.2 Å². The highest BCUT2D eigenvalue weighted by atomic mass is 19.4. The van der Waals surface area contributed by atoms with Crippen LogP contribution in [0.15, 0.2) is 24.3 Å². The molecule has 180 valence electrons. The van der Waals surface area contributed by atoms with Crippen molar-refractivity contribution in [3.63, 3.8) is 0 Å². The average Bonchev–Trinajstić information content (AvgIpc) is 3.15. The molecule has 0 N–H and O–H groups in total. The molecule has 1 aromatic heterocycles. The Kier molecular flexibility index (Phi) is 6.25. The van der Waals surface area contributed by atoms with Gasteiger partial charge in [-0.3, -0.25) is 0 Å². The van der Waals surface area contributed by atoms with E-state index in [4.69, 9.17) is 4.74 Å². The summed E-state index contributed by atoms with van der Waals surface area (Å²) in [4.78, 5) is 2.54. The van der Waals surface area contributed by atoms with Crippen molar-refractivity contribution in [3.05, 3.63) is 47.0 Å². The van der Waals surface area contributed by atoms with Crippen LogP contribution in [-0.2, 0) is 24.4 Å². The van der Waals surface area contributed by atoms with Gasteiger partial charge in [-0.2, -0.15) is 13.2 Å².